The molecule has 0 radical (unpaired) electrons. The molecule has 0 amide bonds. The third kappa shape index (κ3) is 3.02. The summed E-state index contributed by atoms with van der Waals surface area (Å²) in [5.74, 6) is 0. The molecule has 4 rings (SSSR count). The minimum Gasteiger partial charge on any atom is -0.369 e. The van der Waals surface area contributed by atoms with Crippen LogP contribution in [0.4, 0.5) is 18.9 Å². The molecule has 1 unspecified atom stereocenters. The standard InChI is InChI=1S/C19H19F3N4/c1-13-4-2-6-15-16(7-9-23-18(13)15)25-10-3-5-14(12-25)26-11-8-17(24-26)19(20,21)22/h2,4,6-9,11,14H,3,5,10,12H2,1H3. The van der Waals surface area contributed by atoms with E-state index in [4.69, 9.17) is 0 Å². The van der Waals surface area contributed by atoms with Gasteiger partial charge in [-0.3, -0.25) is 9.67 Å². The molecule has 3 aromatic rings. The quantitative estimate of drug-likeness (QED) is 0.670. The van der Waals surface area contributed by atoms with E-state index in [1.165, 1.54) is 10.9 Å². The van der Waals surface area contributed by atoms with Crippen molar-refractivity contribution in [3.8, 4) is 0 Å². The maximum absolute atomic E-state index is 12.8. The highest BCUT2D eigenvalue weighted by Gasteiger charge is 2.34. The maximum atomic E-state index is 12.8. The molecule has 4 nitrogen and oxygen atoms in total. The topological polar surface area (TPSA) is 34.0 Å². The first-order chi connectivity index (χ1) is 12.4. The molecule has 1 atom stereocenters. The van der Waals surface area contributed by atoms with Gasteiger partial charge in [0.05, 0.1) is 11.6 Å². The average Bonchev–Trinajstić information content (AvgIpc) is 3.12. The van der Waals surface area contributed by atoms with Crippen molar-refractivity contribution in [2.24, 2.45) is 0 Å². The Labute approximate surface area is 149 Å². The number of aromatic nitrogens is 3. The fraction of sp³-hybridized carbons (Fsp3) is 0.368. The number of nitrogens with zero attached hydrogens (tertiary/aromatic N) is 4. The first-order valence-electron chi connectivity index (χ1n) is 8.65. The molecule has 2 aromatic heterocycles. The number of hydrogen-bond donors (Lipinski definition) is 0. The van der Waals surface area contributed by atoms with E-state index >= 15 is 0 Å². The molecule has 136 valence electrons. The number of anilines is 1. The fourth-order valence-corrected chi connectivity index (χ4v) is 3.67. The van der Waals surface area contributed by atoms with E-state index in [0.29, 0.717) is 6.54 Å². The Morgan fingerprint density at radius 2 is 2.00 bits per heavy atom. The second-order valence-electron chi connectivity index (χ2n) is 6.72. The third-order valence-corrected chi connectivity index (χ3v) is 4.96. The number of fused-ring (bicyclic) bond motifs is 1. The van der Waals surface area contributed by atoms with Crippen LogP contribution >= 0.6 is 0 Å². The zero-order valence-electron chi connectivity index (χ0n) is 14.4. The van der Waals surface area contributed by atoms with Crippen molar-refractivity contribution >= 4 is 16.6 Å². The highest BCUT2D eigenvalue weighted by molar-refractivity contribution is 5.93. The minimum absolute atomic E-state index is 0.0760. The van der Waals surface area contributed by atoms with E-state index in [1.54, 1.807) is 6.20 Å². The summed E-state index contributed by atoms with van der Waals surface area (Å²) in [5.41, 5.74) is 2.32. The van der Waals surface area contributed by atoms with E-state index in [1.807, 2.05) is 31.2 Å². The van der Waals surface area contributed by atoms with E-state index in [-0.39, 0.29) is 6.04 Å². The highest BCUT2D eigenvalue weighted by atomic mass is 19.4. The van der Waals surface area contributed by atoms with E-state index < -0.39 is 11.9 Å². The predicted molar refractivity (Wildman–Crippen MR) is 94.2 cm³/mol. The van der Waals surface area contributed by atoms with Gasteiger partial charge in [0.25, 0.3) is 0 Å². The summed E-state index contributed by atoms with van der Waals surface area (Å²) in [7, 11) is 0. The van der Waals surface area contributed by atoms with Crippen molar-refractivity contribution in [2.75, 3.05) is 18.0 Å². The zero-order chi connectivity index (χ0) is 18.3. The van der Waals surface area contributed by atoms with Crippen LogP contribution in [0.25, 0.3) is 10.9 Å². The molecule has 7 heteroatoms. The fourth-order valence-electron chi connectivity index (χ4n) is 3.67. The lowest BCUT2D eigenvalue weighted by Crippen LogP contribution is -2.37. The van der Waals surface area contributed by atoms with Gasteiger partial charge in [0.2, 0.25) is 0 Å². The van der Waals surface area contributed by atoms with Gasteiger partial charge in [-0.1, -0.05) is 18.2 Å². The number of para-hydroxylation sites is 1. The Hall–Kier alpha value is -2.57. The molecule has 1 aromatic carbocycles. The van der Waals surface area contributed by atoms with Crippen LogP contribution in [0.5, 0.6) is 0 Å². The van der Waals surface area contributed by atoms with Crippen LogP contribution < -0.4 is 4.90 Å². The second kappa shape index (κ2) is 6.30. The summed E-state index contributed by atoms with van der Waals surface area (Å²) in [6.07, 6.45) is 0.549. The molecule has 1 aliphatic rings. The second-order valence-corrected chi connectivity index (χ2v) is 6.72. The van der Waals surface area contributed by atoms with Gasteiger partial charge in [0, 0.05) is 36.6 Å². The van der Waals surface area contributed by atoms with Crippen LogP contribution in [0.2, 0.25) is 0 Å². The lowest BCUT2D eigenvalue weighted by molar-refractivity contribution is -0.141. The van der Waals surface area contributed by atoms with Gasteiger partial charge >= 0.3 is 6.18 Å². The molecule has 0 N–H and O–H groups in total. The smallest absolute Gasteiger partial charge is 0.369 e. The van der Waals surface area contributed by atoms with Crippen molar-refractivity contribution in [1.82, 2.24) is 14.8 Å². The van der Waals surface area contributed by atoms with Crippen molar-refractivity contribution in [3.05, 3.63) is 54.0 Å². The van der Waals surface area contributed by atoms with Gasteiger partial charge in [-0.2, -0.15) is 18.3 Å². The number of benzene rings is 1. The van der Waals surface area contributed by atoms with Crippen LogP contribution in [0.3, 0.4) is 0 Å². The first-order valence-corrected chi connectivity index (χ1v) is 8.65. The number of aryl methyl sites for hydroxylation is 1. The van der Waals surface area contributed by atoms with E-state index in [9.17, 15) is 13.2 Å². The largest absolute Gasteiger partial charge is 0.435 e. The van der Waals surface area contributed by atoms with E-state index in [0.717, 1.165) is 47.6 Å². The molecule has 1 aliphatic heterocycles. The van der Waals surface area contributed by atoms with Crippen LogP contribution in [-0.2, 0) is 6.18 Å². The molecule has 0 saturated carbocycles. The Morgan fingerprint density at radius 3 is 2.77 bits per heavy atom. The molecule has 1 saturated heterocycles. The van der Waals surface area contributed by atoms with Gasteiger partial charge in [-0.25, -0.2) is 0 Å². The Kier molecular flexibility index (Phi) is 4.09. The lowest BCUT2D eigenvalue weighted by atomic mass is 10.0. The lowest BCUT2D eigenvalue weighted by Gasteiger charge is -2.35. The van der Waals surface area contributed by atoms with Gasteiger partial charge in [0.15, 0.2) is 5.69 Å². The van der Waals surface area contributed by atoms with Crippen molar-refractivity contribution in [3.63, 3.8) is 0 Å². The Bertz CT molecular complexity index is 932. The summed E-state index contributed by atoms with van der Waals surface area (Å²) in [5, 5.41) is 4.84. The number of rotatable bonds is 2. The molecule has 0 bridgehead atoms. The molecule has 1 fully saturated rings. The Balaban J connectivity index is 1.64. The number of alkyl halides is 3. The Morgan fingerprint density at radius 1 is 1.15 bits per heavy atom. The monoisotopic (exact) mass is 360 g/mol. The first kappa shape index (κ1) is 16.9. The summed E-state index contributed by atoms with van der Waals surface area (Å²) in [4.78, 5) is 6.70. The number of piperidine rings is 1. The van der Waals surface area contributed by atoms with Crippen LogP contribution in [0, 0.1) is 6.92 Å². The van der Waals surface area contributed by atoms with Gasteiger partial charge in [0.1, 0.15) is 0 Å². The van der Waals surface area contributed by atoms with E-state index in [2.05, 4.69) is 15.0 Å². The molecule has 0 aliphatic carbocycles. The molecular weight excluding hydrogens is 341 g/mol. The normalized spacial score (nSPS) is 18.5. The zero-order valence-corrected chi connectivity index (χ0v) is 14.4. The number of pyridine rings is 1. The van der Waals surface area contributed by atoms with Crippen molar-refractivity contribution in [2.45, 2.75) is 32.0 Å². The summed E-state index contributed by atoms with van der Waals surface area (Å²) < 4.78 is 39.9. The van der Waals surface area contributed by atoms with Gasteiger partial charge < -0.3 is 4.90 Å². The van der Waals surface area contributed by atoms with Crippen LogP contribution in [-0.4, -0.2) is 27.9 Å². The third-order valence-electron chi connectivity index (χ3n) is 4.96. The predicted octanol–water partition coefficient (Wildman–Crippen LogP) is 4.60. The number of halogens is 3. The molecule has 26 heavy (non-hydrogen) atoms. The number of hydrogen-bond acceptors (Lipinski definition) is 3. The average molecular weight is 360 g/mol. The summed E-state index contributed by atoms with van der Waals surface area (Å²) >= 11 is 0. The van der Waals surface area contributed by atoms with Gasteiger partial charge in [-0.05, 0) is 37.5 Å². The molecule has 0 spiro atoms. The van der Waals surface area contributed by atoms with Crippen molar-refractivity contribution in [1.29, 1.82) is 0 Å². The summed E-state index contributed by atoms with van der Waals surface area (Å²) in [6, 6.07) is 9.03. The van der Waals surface area contributed by atoms with Gasteiger partial charge in [-0.15, -0.1) is 0 Å². The van der Waals surface area contributed by atoms with Crippen molar-refractivity contribution < 1.29 is 13.2 Å². The maximum Gasteiger partial charge on any atom is 0.435 e. The minimum atomic E-state index is -4.40. The van der Waals surface area contributed by atoms with Crippen LogP contribution in [0.1, 0.15) is 30.1 Å². The SMILES string of the molecule is Cc1cccc2c(N3CCCC(n4ccc(C(F)(F)F)n4)C3)ccnc12. The van der Waals surface area contributed by atoms with Crippen LogP contribution in [0.15, 0.2) is 42.7 Å². The highest BCUT2D eigenvalue weighted by Crippen LogP contribution is 2.33. The molecule has 3 heterocycles. The molecular formula is C19H19F3N4. The summed E-state index contributed by atoms with van der Waals surface area (Å²) in [6.45, 7) is 3.53.